The van der Waals surface area contributed by atoms with E-state index in [1.54, 1.807) is 10.4 Å². The van der Waals surface area contributed by atoms with Crippen LogP contribution in [0.5, 0.6) is 0 Å². The monoisotopic (exact) mass is 557 g/mol. The van der Waals surface area contributed by atoms with Gasteiger partial charge in [0.05, 0.1) is 5.76 Å². The van der Waals surface area contributed by atoms with E-state index in [4.69, 9.17) is 5.11 Å². The number of aryl methyl sites for hydroxylation is 2. The second kappa shape index (κ2) is 9.93. The van der Waals surface area contributed by atoms with E-state index in [1.165, 1.54) is 55.7 Å². The zero-order valence-corrected chi connectivity index (χ0v) is 18.6. The number of carbonyl (C=O) groups is 1. The van der Waals surface area contributed by atoms with E-state index in [0.717, 1.165) is 11.3 Å². The number of ketones is 1. The minimum Gasteiger partial charge on any atom is -0.512 e. The van der Waals surface area contributed by atoms with Crippen molar-refractivity contribution in [1.29, 1.82) is 0 Å². The second-order valence-corrected chi connectivity index (χ2v) is 7.52. The van der Waals surface area contributed by atoms with Crippen molar-refractivity contribution in [2.75, 3.05) is 0 Å². The Balaban J connectivity index is 0.000000285. The molecule has 27 heavy (non-hydrogen) atoms. The van der Waals surface area contributed by atoms with Crippen LogP contribution < -0.4 is 0 Å². The van der Waals surface area contributed by atoms with Crippen LogP contribution in [0, 0.1) is 6.07 Å². The van der Waals surface area contributed by atoms with Gasteiger partial charge in [0, 0.05) is 32.4 Å². The van der Waals surface area contributed by atoms with Gasteiger partial charge in [0.1, 0.15) is 0 Å². The van der Waals surface area contributed by atoms with E-state index >= 15 is 0 Å². The molecule has 0 saturated carbocycles. The molecule has 0 amide bonds. The molecule has 5 heteroatoms. The Hall–Kier alpha value is -1.81. The fourth-order valence-electron chi connectivity index (χ4n) is 3.22. The quantitative estimate of drug-likeness (QED) is 0.251. The third-order valence-corrected chi connectivity index (χ3v) is 5.58. The number of aromatic nitrogens is 1. The summed E-state index contributed by atoms with van der Waals surface area (Å²) in [5.41, 5.74) is 3.78. The summed E-state index contributed by atoms with van der Waals surface area (Å²) >= 11 is 1.95. The van der Waals surface area contributed by atoms with Crippen molar-refractivity contribution < 1.29 is 30.0 Å². The summed E-state index contributed by atoms with van der Waals surface area (Å²) in [5.74, 6) is -0.0625. The molecule has 0 atom stereocenters. The molecule has 2 heterocycles. The molecule has 0 spiro atoms. The van der Waals surface area contributed by atoms with Crippen LogP contribution in [-0.4, -0.2) is 15.9 Å². The Morgan fingerprint density at radius 2 is 2.00 bits per heavy atom. The number of aliphatic hydroxyl groups is 1. The summed E-state index contributed by atoms with van der Waals surface area (Å²) < 4.78 is 1.37. The van der Waals surface area contributed by atoms with Gasteiger partial charge in [-0.15, -0.1) is 23.8 Å². The Morgan fingerprint density at radius 1 is 1.22 bits per heavy atom. The number of nitrogens with zero attached hydrogens (tertiary/aromatic N) is 1. The first-order valence-corrected chi connectivity index (χ1v) is 9.62. The van der Waals surface area contributed by atoms with Crippen molar-refractivity contribution >= 4 is 27.2 Å². The van der Waals surface area contributed by atoms with Gasteiger partial charge in [0.2, 0.25) is 0 Å². The number of fused-ring (bicyclic) bond motifs is 3. The molecule has 0 fully saturated rings. The summed E-state index contributed by atoms with van der Waals surface area (Å²) in [7, 11) is 0. The predicted molar refractivity (Wildman–Crippen MR) is 108 cm³/mol. The number of aliphatic hydroxyl groups excluding tert-OH is 1. The van der Waals surface area contributed by atoms with Gasteiger partial charge in [-0.25, -0.2) is 0 Å². The van der Waals surface area contributed by atoms with Crippen molar-refractivity contribution in [1.82, 2.24) is 4.98 Å². The first-order valence-electron chi connectivity index (χ1n) is 8.80. The zero-order chi connectivity index (χ0) is 18.5. The van der Waals surface area contributed by atoms with Gasteiger partial charge in [-0.1, -0.05) is 17.5 Å². The fraction of sp³-hybridized carbons (Fsp3) is 0.273. The van der Waals surface area contributed by atoms with Crippen LogP contribution in [0.1, 0.15) is 37.1 Å². The fourth-order valence-corrected chi connectivity index (χ4v) is 4.62. The van der Waals surface area contributed by atoms with Gasteiger partial charge in [0.25, 0.3) is 0 Å². The Kier molecular flexibility index (Phi) is 7.90. The summed E-state index contributed by atoms with van der Waals surface area (Å²) in [5, 5.41) is 9.79. The number of pyridine rings is 1. The van der Waals surface area contributed by atoms with Crippen LogP contribution in [0.4, 0.5) is 0 Å². The maximum absolute atomic E-state index is 10.0. The van der Waals surface area contributed by atoms with Crippen LogP contribution >= 0.6 is 11.3 Å². The number of hydrogen-bond acceptors (Lipinski definition) is 4. The molecule has 3 aromatic rings. The maximum Gasteiger partial charge on any atom is 0.155 e. The molecule has 0 unspecified atom stereocenters. The third-order valence-electron chi connectivity index (χ3n) is 4.25. The van der Waals surface area contributed by atoms with Crippen molar-refractivity contribution in [3.05, 3.63) is 64.9 Å². The topological polar surface area (TPSA) is 50.2 Å². The third kappa shape index (κ3) is 5.35. The molecule has 1 N–H and O–H groups in total. The molecular weight excluding hydrogens is 535 g/mol. The van der Waals surface area contributed by atoms with E-state index in [0.29, 0.717) is 0 Å². The molecule has 1 aromatic carbocycles. The number of allylic oxidation sites excluding steroid dienone is 2. The number of thiophene rings is 1. The van der Waals surface area contributed by atoms with Crippen molar-refractivity contribution in [2.45, 2.75) is 39.5 Å². The van der Waals surface area contributed by atoms with Gasteiger partial charge < -0.3 is 10.1 Å². The zero-order valence-electron chi connectivity index (χ0n) is 15.4. The predicted octanol–water partition coefficient (Wildman–Crippen LogP) is 5.68. The SMILES string of the molecule is CC(=O)/C=C(/C)O.[Ir].[c-]1ccc2c3c(sc2c1-c1ccccn1)CCCC3. The van der Waals surface area contributed by atoms with Gasteiger partial charge >= 0.3 is 0 Å². The number of hydrogen-bond donors (Lipinski definition) is 1. The van der Waals surface area contributed by atoms with Crippen LogP contribution in [0.15, 0.2) is 48.4 Å². The molecule has 1 aliphatic rings. The van der Waals surface area contributed by atoms with Crippen molar-refractivity contribution in [2.24, 2.45) is 0 Å². The second-order valence-electron chi connectivity index (χ2n) is 6.42. The summed E-state index contributed by atoms with van der Waals surface area (Å²) in [6, 6.07) is 13.7. The average molecular weight is 557 g/mol. The van der Waals surface area contributed by atoms with Crippen molar-refractivity contribution in [3.63, 3.8) is 0 Å². The summed E-state index contributed by atoms with van der Waals surface area (Å²) in [6.45, 7) is 2.85. The van der Waals surface area contributed by atoms with E-state index < -0.39 is 0 Å². The van der Waals surface area contributed by atoms with Gasteiger partial charge in [-0.05, 0) is 66.4 Å². The number of rotatable bonds is 2. The molecular formula is C22H22IrNO2S-. The molecule has 1 aliphatic carbocycles. The van der Waals surface area contributed by atoms with E-state index in [-0.39, 0.29) is 31.6 Å². The van der Waals surface area contributed by atoms with Gasteiger partial charge in [-0.3, -0.25) is 4.79 Å². The first-order chi connectivity index (χ1) is 12.6. The first kappa shape index (κ1) is 21.5. The molecule has 2 aromatic heterocycles. The molecule has 0 bridgehead atoms. The van der Waals surface area contributed by atoms with Crippen molar-refractivity contribution in [3.8, 4) is 11.3 Å². The summed E-state index contributed by atoms with van der Waals surface area (Å²) in [4.78, 5) is 16.1. The minimum atomic E-state index is -0.125. The van der Waals surface area contributed by atoms with Crippen LogP contribution in [0.3, 0.4) is 0 Å². The Morgan fingerprint density at radius 3 is 2.63 bits per heavy atom. The summed E-state index contributed by atoms with van der Waals surface area (Å²) in [6.07, 6.45) is 8.17. The number of carbonyl (C=O) groups excluding carboxylic acids is 1. The molecule has 4 rings (SSSR count). The van der Waals surface area contributed by atoms with Gasteiger partial charge in [-0.2, -0.15) is 11.3 Å². The molecule has 0 saturated heterocycles. The Bertz CT molecular complexity index is 944. The van der Waals surface area contributed by atoms with E-state index in [2.05, 4.69) is 23.2 Å². The van der Waals surface area contributed by atoms with E-state index in [1.807, 2.05) is 35.7 Å². The van der Waals surface area contributed by atoms with Crippen LogP contribution in [-0.2, 0) is 37.7 Å². The van der Waals surface area contributed by atoms with Gasteiger partial charge in [0.15, 0.2) is 5.78 Å². The molecule has 3 nitrogen and oxygen atoms in total. The van der Waals surface area contributed by atoms with E-state index in [9.17, 15) is 4.79 Å². The van der Waals surface area contributed by atoms with Crippen LogP contribution in [0.25, 0.3) is 21.3 Å². The van der Waals surface area contributed by atoms with Crippen LogP contribution in [0.2, 0.25) is 0 Å². The minimum absolute atomic E-state index is 0. The average Bonchev–Trinajstić information content (AvgIpc) is 3.00. The largest absolute Gasteiger partial charge is 0.512 e. The smallest absolute Gasteiger partial charge is 0.155 e. The maximum atomic E-state index is 10.0. The molecule has 0 aliphatic heterocycles. The Labute approximate surface area is 177 Å². The normalized spacial score (nSPS) is 13.2. The standard InChI is InChI=1S/C17H14NS.C5H8O2.Ir/c1-2-10-16-12(6-1)13-7-5-8-14(17(13)19-16)15-9-3-4-11-18-15;1-4(6)3-5(2)7;/h3-5,7,9,11H,1-2,6,10H2;3,6H,1-2H3;/q-1;;/b;4-3-;. The molecule has 1 radical (unpaired) electrons. The number of benzene rings is 1. The molecule has 143 valence electrons.